The molecule has 0 spiro atoms. The van der Waals surface area contributed by atoms with Crippen molar-refractivity contribution in [2.24, 2.45) is 0 Å². The Balaban J connectivity index is 1.85. The quantitative estimate of drug-likeness (QED) is 0.0303. The minimum atomic E-state index is -1.70. The Hall–Kier alpha value is -1.53. The Morgan fingerprint density at radius 2 is 1.16 bits per heavy atom. The van der Waals surface area contributed by atoms with Gasteiger partial charge in [0.2, 0.25) is 0 Å². The van der Waals surface area contributed by atoms with Crippen LogP contribution in [0.25, 0.3) is 0 Å². The molecule has 2 rings (SSSR count). The van der Waals surface area contributed by atoms with Crippen molar-refractivity contribution in [1.82, 2.24) is 0 Å². The maximum absolute atomic E-state index is 12.9. The van der Waals surface area contributed by atoms with E-state index in [1.54, 1.807) is 0 Å². The van der Waals surface area contributed by atoms with Gasteiger partial charge in [-0.2, -0.15) is 0 Å². The molecule has 0 bridgehead atoms. The third-order valence-corrected chi connectivity index (χ3v) is 9.94. The van der Waals surface area contributed by atoms with E-state index in [1.165, 1.54) is 38.5 Å². The monoisotopic (exact) mass is 791 g/mol. The fourth-order valence-corrected chi connectivity index (χ4v) is 6.44. The van der Waals surface area contributed by atoms with Gasteiger partial charge in [0, 0.05) is 13.0 Å². The van der Waals surface area contributed by atoms with Gasteiger partial charge in [0.25, 0.3) is 0 Å². The molecule has 0 aromatic carbocycles. The number of aliphatic hydroxyl groups is 7. The number of rotatable bonds is 31. The van der Waals surface area contributed by atoms with Crippen molar-refractivity contribution >= 4 is 5.97 Å². The van der Waals surface area contributed by atoms with Crippen LogP contribution in [0.2, 0.25) is 0 Å². The van der Waals surface area contributed by atoms with Gasteiger partial charge in [0.15, 0.2) is 12.6 Å². The predicted molar refractivity (Wildman–Crippen MR) is 206 cm³/mol. The van der Waals surface area contributed by atoms with Crippen molar-refractivity contribution in [3.05, 3.63) is 24.3 Å². The molecule has 0 amide bonds. The van der Waals surface area contributed by atoms with Crippen molar-refractivity contribution in [3.8, 4) is 0 Å². The van der Waals surface area contributed by atoms with E-state index in [0.29, 0.717) is 13.0 Å². The van der Waals surface area contributed by atoms with E-state index in [-0.39, 0.29) is 19.6 Å². The molecule has 2 saturated heterocycles. The molecule has 2 aliphatic heterocycles. The van der Waals surface area contributed by atoms with Crippen LogP contribution in [-0.2, 0) is 33.2 Å². The molecule has 55 heavy (non-hydrogen) atoms. The molecule has 2 heterocycles. The van der Waals surface area contributed by atoms with Crippen LogP contribution in [-0.4, -0.2) is 142 Å². The first kappa shape index (κ1) is 49.6. The van der Waals surface area contributed by atoms with Crippen molar-refractivity contribution in [1.29, 1.82) is 0 Å². The first-order valence-electron chi connectivity index (χ1n) is 20.9. The molecular formula is C41H74O14. The lowest BCUT2D eigenvalue weighted by molar-refractivity contribution is -0.332. The second kappa shape index (κ2) is 30.5. The van der Waals surface area contributed by atoms with Gasteiger partial charge in [-0.1, -0.05) is 109 Å². The number of hydrogen-bond donors (Lipinski definition) is 7. The molecule has 0 aromatic rings. The van der Waals surface area contributed by atoms with Crippen LogP contribution >= 0.6 is 0 Å². The lowest BCUT2D eigenvalue weighted by Gasteiger charge is -2.42. The molecule has 322 valence electrons. The highest BCUT2D eigenvalue weighted by molar-refractivity contribution is 5.69. The number of unbranched alkanes of at least 4 members (excludes halogenated alkanes) is 13. The summed E-state index contributed by atoms with van der Waals surface area (Å²) in [5.41, 5.74) is 0. The summed E-state index contributed by atoms with van der Waals surface area (Å²) in [5, 5.41) is 71.6. The Bertz CT molecular complexity index is 1010. The molecule has 2 aliphatic rings. The molecule has 0 aromatic heterocycles. The SMILES string of the molecule is CCC/C=C\C/C=C\CCCCCCCC(=O)OC(COCCCCCCCCCC)COC1OC(COC2OC(CO)C(O)C(O)C2O)C(O)C(O)C1O. The molecule has 14 heteroatoms. The highest BCUT2D eigenvalue weighted by atomic mass is 16.7. The number of aliphatic hydroxyl groups excluding tert-OH is 7. The summed E-state index contributed by atoms with van der Waals surface area (Å²) in [6.07, 6.45) is 11.2. The van der Waals surface area contributed by atoms with Crippen LogP contribution in [0.1, 0.15) is 129 Å². The molecule has 11 atom stereocenters. The molecule has 0 radical (unpaired) electrons. The zero-order valence-electron chi connectivity index (χ0n) is 33.4. The average molecular weight is 791 g/mol. The first-order valence-corrected chi connectivity index (χ1v) is 20.9. The Morgan fingerprint density at radius 3 is 1.82 bits per heavy atom. The van der Waals surface area contributed by atoms with Gasteiger partial charge in [-0.15, -0.1) is 0 Å². The predicted octanol–water partition coefficient (Wildman–Crippen LogP) is 3.73. The standard InChI is InChI=1S/C41H74O14/c1-3-5-7-9-11-13-14-15-16-17-18-20-22-24-33(43)53-30(27-50-25-23-21-19-12-10-8-6-4-2)28-51-40-39(49)37(47)35(45)32(55-40)29-52-41-38(48)36(46)34(44)31(26-42)54-41/h7,9,13-14,30-32,34-42,44-49H,3-6,8,10-12,15-29H2,1-2H3/b9-7-,14-13-. The van der Waals surface area contributed by atoms with E-state index >= 15 is 0 Å². The third-order valence-electron chi connectivity index (χ3n) is 9.94. The van der Waals surface area contributed by atoms with Gasteiger partial charge in [0.05, 0.1) is 26.4 Å². The van der Waals surface area contributed by atoms with Gasteiger partial charge in [-0.25, -0.2) is 0 Å². The van der Waals surface area contributed by atoms with Gasteiger partial charge in [-0.05, 0) is 38.5 Å². The van der Waals surface area contributed by atoms with Crippen LogP contribution in [0.4, 0.5) is 0 Å². The van der Waals surface area contributed by atoms with Gasteiger partial charge < -0.3 is 64.2 Å². The van der Waals surface area contributed by atoms with Crippen LogP contribution in [0, 0.1) is 0 Å². The number of esters is 1. The summed E-state index contributed by atoms with van der Waals surface area (Å²) in [6.45, 7) is 3.55. The summed E-state index contributed by atoms with van der Waals surface area (Å²) in [5.74, 6) is -0.394. The maximum Gasteiger partial charge on any atom is 0.306 e. The molecule has 14 nitrogen and oxygen atoms in total. The Morgan fingerprint density at radius 1 is 0.600 bits per heavy atom. The van der Waals surface area contributed by atoms with Gasteiger partial charge in [0.1, 0.15) is 54.9 Å². The second-order valence-electron chi connectivity index (χ2n) is 14.8. The van der Waals surface area contributed by atoms with E-state index < -0.39 is 86.7 Å². The second-order valence-corrected chi connectivity index (χ2v) is 14.8. The van der Waals surface area contributed by atoms with E-state index in [9.17, 15) is 40.5 Å². The smallest absolute Gasteiger partial charge is 0.306 e. The summed E-state index contributed by atoms with van der Waals surface area (Å²) in [7, 11) is 0. The molecule has 2 fully saturated rings. The molecular weight excluding hydrogens is 716 g/mol. The summed E-state index contributed by atoms with van der Waals surface area (Å²) in [4.78, 5) is 12.9. The molecule has 0 aliphatic carbocycles. The van der Waals surface area contributed by atoms with Crippen LogP contribution < -0.4 is 0 Å². The lowest BCUT2D eigenvalue weighted by atomic mass is 9.98. The van der Waals surface area contributed by atoms with E-state index in [0.717, 1.165) is 64.2 Å². The first-order chi connectivity index (χ1) is 26.6. The number of allylic oxidation sites excluding steroid dienone is 4. The lowest BCUT2D eigenvalue weighted by Crippen LogP contribution is -2.61. The zero-order chi connectivity index (χ0) is 40.3. The largest absolute Gasteiger partial charge is 0.457 e. The van der Waals surface area contributed by atoms with Gasteiger partial charge >= 0.3 is 5.97 Å². The summed E-state index contributed by atoms with van der Waals surface area (Å²) >= 11 is 0. The molecule has 11 unspecified atom stereocenters. The number of hydrogen-bond acceptors (Lipinski definition) is 14. The highest BCUT2D eigenvalue weighted by Crippen LogP contribution is 2.26. The fourth-order valence-electron chi connectivity index (χ4n) is 6.44. The van der Waals surface area contributed by atoms with Gasteiger partial charge in [-0.3, -0.25) is 4.79 Å². The third kappa shape index (κ3) is 20.1. The number of ether oxygens (including phenoxy) is 6. The van der Waals surface area contributed by atoms with E-state index in [2.05, 4.69) is 38.2 Å². The highest BCUT2D eigenvalue weighted by Gasteiger charge is 2.47. The number of carbonyl (C=O) groups is 1. The van der Waals surface area contributed by atoms with Crippen molar-refractivity contribution in [2.75, 3.05) is 33.0 Å². The minimum absolute atomic E-state index is 0.0573. The van der Waals surface area contributed by atoms with Crippen molar-refractivity contribution < 1.29 is 69.0 Å². The van der Waals surface area contributed by atoms with Crippen molar-refractivity contribution in [2.45, 2.75) is 197 Å². The summed E-state index contributed by atoms with van der Waals surface area (Å²) in [6, 6.07) is 0. The molecule has 7 N–H and O–H groups in total. The van der Waals surface area contributed by atoms with Crippen LogP contribution in [0.15, 0.2) is 24.3 Å². The average Bonchev–Trinajstić information content (AvgIpc) is 3.18. The summed E-state index contributed by atoms with van der Waals surface area (Å²) < 4.78 is 34.0. The maximum atomic E-state index is 12.9. The fraction of sp³-hybridized carbons (Fsp3) is 0.878. The van der Waals surface area contributed by atoms with Crippen molar-refractivity contribution in [3.63, 3.8) is 0 Å². The van der Waals surface area contributed by atoms with Crippen LogP contribution in [0.3, 0.4) is 0 Å². The number of carbonyl (C=O) groups excluding carboxylic acids is 1. The normalized spacial score (nSPS) is 29.3. The Kier molecular flexibility index (Phi) is 27.5. The minimum Gasteiger partial charge on any atom is -0.457 e. The van der Waals surface area contributed by atoms with Crippen LogP contribution in [0.5, 0.6) is 0 Å². The topological polar surface area (TPSA) is 214 Å². The Labute approximate surface area is 328 Å². The van der Waals surface area contributed by atoms with E-state index in [1.807, 2.05) is 0 Å². The van der Waals surface area contributed by atoms with E-state index in [4.69, 9.17) is 28.4 Å². The zero-order valence-corrected chi connectivity index (χ0v) is 33.4. The molecule has 0 saturated carbocycles.